The molecule has 4 heterocycles. The minimum atomic E-state index is -0.797. The van der Waals surface area contributed by atoms with Crippen LogP contribution in [0.4, 0.5) is 21.7 Å². The fraction of sp³-hybridized carbons (Fsp3) is 0.458. The Morgan fingerprint density at radius 2 is 2.14 bits per heavy atom. The molecule has 1 aromatic carbocycles. The summed E-state index contributed by atoms with van der Waals surface area (Å²) in [4.78, 5) is 11.0. The van der Waals surface area contributed by atoms with Gasteiger partial charge in [0.2, 0.25) is 5.95 Å². The minimum absolute atomic E-state index is 0.0292. The molecular weight excluding hydrogens is 473 g/mol. The summed E-state index contributed by atoms with van der Waals surface area (Å²) < 4.78 is 22.0. The first-order chi connectivity index (χ1) is 16.8. The monoisotopic (exact) mass is 501 g/mol. The van der Waals surface area contributed by atoms with Crippen molar-refractivity contribution in [1.82, 2.24) is 19.7 Å². The summed E-state index contributed by atoms with van der Waals surface area (Å²) in [5.74, 6) is -0.0499. The van der Waals surface area contributed by atoms with Gasteiger partial charge in [-0.1, -0.05) is 11.6 Å². The number of nitrogens with one attached hydrogen (secondary N) is 2. The maximum Gasteiger partial charge on any atom is 0.223 e. The van der Waals surface area contributed by atoms with E-state index in [2.05, 4.69) is 44.4 Å². The standard InChI is InChI=1S/C24H29ClFN7O2/c1-12(2)33-13(3)28-22-17(26)7-14(8-19(22)33)21-16(25)10-27-24(30-21)29-18-5-6-32-20(23(18)34)9-15(31-32)11-35-4/h7-10,12-13,18,23,28,34H,5-6,11H2,1-4H3,(H,27,29,30). The molecule has 2 aliphatic rings. The second-order valence-corrected chi connectivity index (χ2v) is 9.67. The predicted octanol–water partition coefficient (Wildman–Crippen LogP) is 4.18. The van der Waals surface area contributed by atoms with Crippen LogP contribution in [-0.4, -0.2) is 50.2 Å². The maximum atomic E-state index is 15.1. The summed E-state index contributed by atoms with van der Waals surface area (Å²) in [7, 11) is 1.61. The Morgan fingerprint density at radius 3 is 2.89 bits per heavy atom. The van der Waals surface area contributed by atoms with Crippen molar-refractivity contribution < 1.29 is 14.2 Å². The topological polar surface area (TPSA) is 100 Å². The number of aliphatic hydroxyl groups is 1. The molecule has 0 bridgehead atoms. The zero-order valence-corrected chi connectivity index (χ0v) is 20.8. The van der Waals surface area contributed by atoms with E-state index < -0.39 is 6.10 Å². The number of benzene rings is 1. The first kappa shape index (κ1) is 23.8. The lowest BCUT2D eigenvalue weighted by Crippen LogP contribution is -2.38. The van der Waals surface area contributed by atoms with Gasteiger partial charge in [0.1, 0.15) is 11.9 Å². The van der Waals surface area contributed by atoms with E-state index in [1.807, 2.05) is 19.1 Å². The highest BCUT2D eigenvalue weighted by Crippen LogP contribution is 2.42. The van der Waals surface area contributed by atoms with Crippen LogP contribution < -0.4 is 15.5 Å². The molecule has 0 saturated carbocycles. The smallest absolute Gasteiger partial charge is 0.223 e. The van der Waals surface area contributed by atoms with Crippen molar-refractivity contribution in [2.24, 2.45) is 0 Å². The van der Waals surface area contributed by atoms with Gasteiger partial charge in [-0.25, -0.2) is 14.4 Å². The van der Waals surface area contributed by atoms with Gasteiger partial charge < -0.3 is 25.4 Å². The second kappa shape index (κ2) is 9.25. The van der Waals surface area contributed by atoms with E-state index in [0.717, 1.165) is 11.4 Å². The molecule has 3 aromatic rings. The van der Waals surface area contributed by atoms with Crippen LogP contribution in [0.3, 0.4) is 0 Å². The highest BCUT2D eigenvalue weighted by Gasteiger charge is 2.32. The van der Waals surface area contributed by atoms with Gasteiger partial charge in [0.25, 0.3) is 0 Å². The average Bonchev–Trinajstić information content (AvgIpc) is 3.38. The van der Waals surface area contributed by atoms with Crippen molar-refractivity contribution in [1.29, 1.82) is 0 Å². The number of aromatic nitrogens is 4. The van der Waals surface area contributed by atoms with Crippen molar-refractivity contribution in [2.45, 2.75) is 64.7 Å². The summed E-state index contributed by atoms with van der Waals surface area (Å²) in [6.45, 7) is 7.15. The second-order valence-electron chi connectivity index (χ2n) is 9.26. The maximum absolute atomic E-state index is 15.1. The molecule has 0 spiro atoms. The number of ether oxygens (including phenoxy) is 1. The Bertz CT molecular complexity index is 1250. The Morgan fingerprint density at radius 1 is 1.34 bits per heavy atom. The van der Waals surface area contributed by atoms with Crippen molar-refractivity contribution >= 4 is 28.9 Å². The Labute approximate surface area is 208 Å². The number of fused-ring (bicyclic) bond motifs is 2. The van der Waals surface area contributed by atoms with Gasteiger partial charge in [0.15, 0.2) is 0 Å². The molecule has 3 unspecified atom stereocenters. The first-order valence-corrected chi connectivity index (χ1v) is 12.1. The Kier molecular flexibility index (Phi) is 6.29. The molecule has 35 heavy (non-hydrogen) atoms. The van der Waals surface area contributed by atoms with Crippen molar-refractivity contribution in [2.75, 3.05) is 22.6 Å². The Balaban J connectivity index is 1.43. The number of nitrogens with zero attached hydrogens (tertiary/aromatic N) is 5. The summed E-state index contributed by atoms with van der Waals surface area (Å²) in [6.07, 6.45) is 1.30. The summed E-state index contributed by atoms with van der Waals surface area (Å²) >= 11 is 6.46. The SMILES string of the molecule is COCc1cc2n(n1)CCC(Nc1ncc(Cl)c(-c3cc(F)c4c(c3)N(C(C)C)C(C)N4)n1)C2O. The van der Waals surface area contributed by atoms with Crippen LogP contribution in [0.2, 0.25) is 5.02 Å². The van der Waals surface area contributed by atoms with Crippen molar-refractivity contribution in [3.63, 3.8) is 0 Å². The van der Waals surface area contributed by atoms with Crippen LogP contribution in [0.15, 0.2) is 24.4 Å². The van der Waals surface area contributed by atoms with E-state index in [4.69, 9.17) is 16.3 Å². The predicted molar refractivity (Wildman–Crippen MR) is 133 cm³/mol. The number of aryl methyl sites for hydroxylation is 1. The number of halogens is 2. The number of aliphatic hydroxyl groups excluding tert-OH is 1. The normalized spacial score (nSPS) is 21.1. The lowest BCUT2D eigenvalue weighted by atomic mass is 10.0. The summed E-state index contributed by atoms with van der Waals surface area (Å²) in [6, 6.07) is 5.04. The molecule has 3 atom stereocenters. The van der Waals surface area contributed by atoms with E-state index in [1.54, 1.807) is 11.8 Å². The van der Waals surface area contributed by atoms with E-state index >= 15 is 4.39 Å². The molecule has 0 fully saturated rings. The van der Waals surface area contributed by atoms with Gasteiger partial charge in [-0.2, -0.15) is 5.10 Å². The zero-order valence-electron chi connectivity index (χ0n) is 20.1. The van der Waals surface area contributed by atoms with E-state index in [1.165, 1.54) is 12.3 Å². The molecule has 9 nitrogen and oxygen atoms in total. The molecule has 5 rings (SSSR count). The fourth-order valence-electron chi connectivity index (χ4n) is 4.99. The molecule has 186 valence electrons. The van der Waals surface area contributed by atoms with Crippen LogP contribution in [0.25, 0.3) is 11.3 Å². The molecule has 11 heteroatoms. The van der Waals surface area contributed by atoms with Crippen LogP contribution in [0.1, 0.15) is 44.7 Å². The lowest BCUT2D eigenvalue weighted by molar-refractivity contribution is 0.120. The van der Waals surface area contributed by atoms with Crippen LogP contribution in [0, 0.1) is 5.82 Å². The van der Waals surface area contributed by atoms with Crippen LogP contribution in [-0.2, 0) is 17.9 Å². The molecule has 2 aliphatic heterocycles. The zero-order chi connectivity index (χ0) is 24.9. The molecule has 2 aromatic heterocycles. The fourth-order valence-corrected chi connectivity index (χ4v) is 5.19. The third kappa shape index (κ3) is 4.30. The van der Waals surface area contributed by atoms with Gasteiger partial charge in [-0.3, -0.25) is 4.68 Å². The van der Waals surface area contributed by atoms with Gasteiger partial charge in [0.05, 0.1) is 58.5 Å². The van der Waals surface area contributed by atoms with Gasteiger partial charge >= 0.3 is 0 Å². The molecular formula is C24H29ClFN7O2. The van der Waals surface area contributed by atoms with Crippen molar-refractivity contribution in [3.05, 3.63) is 46.6 Å². The number of rotatable bonds is 6. The number of methoxy groups -OCH3 is 1. The molecule has 0 radical (unpaired) electrons. The van der Waals surface area contributed by atoms with Gasteiger partial charge in [0, 0.05) is 25.3 Å². The quantitative estimate of drug-likeness (QED) is 0.462. The van der Waals surface area contributed by atoms with E-state index in [9.17, 15) is 5.11 Å². The number of hydrogen-bond acceptors (Lipinski definition) is 8. The van der Waals surface area contributed by atoms with Crippen molar-refractivity contribution in [3.8, 4) is 11.3 Å². The minimum Gasteiger partial charge on any atom is -0.385 e. The molecule has 0 aliphatic carbocycles. The first-order valence-electron chi connectivity index (χ1n) is 11.7. The summed E-state index contributed by atoms with van der Waals surface area (Å²) in [5, 5.41) is 22.2. The third-order valence-corrected chi connectivity index (χ3v) is 6.77. The highest BCUT2D eigenvalue weighted by molar-refractivity contribution is 6.33. The molecule has 0 saturated heterocycles. The third-order valence-electron chi connectivity index (χ3n) is 6.50. The van der Waals surface area contributed by atoms with Gasteiger partial charge in [-0.05, 0) is 45.4 Å². The highest BCUT2D eigenvalue weighted by atomic mass is 35.5. The van der Waals surface area contributed by atoms with E-state index in [-0.39, 0.29) is 24.1 Å². The molecule has 0 amide bonds. The van der Waals surface area contributed by atoms with Crippen LogP contribution in [0.5, 0.6) is 0 Å². The molecule has 3 N–H and O–H groups in total. The van der Waals surface area contributed by atoms with Gasteiger partial charge in [-0.15, -0.1) is 0 Å². The average molecular weight is 502 g/mol. The largest absolute Gasteiger partial charge is 0.385 e. The lowest BCUT2D eigenvalue weighted by Gasteiger charge is -2.29. The van der Waals surface area contributed by atoms with E-state index in [0.29, 0.717) is 53.2 Å². The summed E-state index contributed by atoms with van der Waals surface area (Å²) in [5.41, 5.74) is 3.72. The van der Waals surface area contributed by atoms with Crippen LogP contribution >= 0.6 is 11.6 Å². The number of hydrogen-bond donors (Lipinski definition) is 3. The Hall–Kier alpha value is -2.95. The number of anilines is 3.